The van der Waals surface area contributed by atoms with Crippen molar-refractivity contribution < 1.29 is 4.79 Å². The van der Waals surface area contributed by atoms with Crippen LogP contribution in [0.25, 0.3) is 10.9 Å². The predicted octanol–water partition coefficient (Wildman–Crippen LogP) is 1.81. The molecule has 0 bridgehead atoms. The highest BCUT2D eigenvalue weighted by Gasteiger charge is 2.07. The van der Waals surface area contributed by atoms with E-state index in [-0.39, 0.29) is 5.91 Å². The molecule has 96 valence electrons. The Morgan fingerprint density at radius 3 is 2.89 bits per heavy atom. The fraction of sp³-hybridized carbons (Fsp3) is 0.357. The van der Waals surface area contributed by atoms with Crippen molar-refractivity contribution in [2.24, 2.45) is 5.73 Å². The van der Waals surface area contributed by atoms with Crippen molar-refractivity contribution in [1.82, 2.24) is 10.3 Å². The summed E-state index contributed by atoms with van der Waals surface area (Å²) in [4.78, 5) is 14.4. The number of H-pyrrole nitrogens is 1. The van der Waals surface area contributed by atoms with E-state index in [4.69, 9.17) is 5.73 Å². The Morgan fingerprint density at radius 2 is 2.22 bits per heavy atom. The van der Waals surface area contributed by atoms with Crippen molar-refractivity contribution in [1.29, 1.82) is 0 Å². The van der Waals surface area contributed by atoms with E-state index in [9.17, 15) is 4.79 Å². The summed E-state index contributed by atoms with van der Waals surface area (Å²) in [7, 11) is 0. The van der Waals surface area contributed by atoms with E-state index >= 15 is 0 Å². The third kappa shape index (κ3) is 2.71. The van der Waals surface area contributed by atoms with Crippen molar-refractivity contribution in [2.75, 3.05) is 6.54 Å². The normalized spacial score (nSPS) is 11.3. The van der Waals surface area contributed by atoms with Crippen LogP contribution in [-0.4, -0.2) is 23.5 Å². The Kier molecular flexibility index (Phi) is 3.67. The standard InChI is InChI=1S/C14H19N3O/c1-9(2)16-6-5-11-8-17-13-4-3-10(14(15)18)7-12(11)13/h3-4,7-9,16-17H,5-6H2,1-2H3,(H2,15,18). The van der Waals surface area contributed by atoms with Crippen LogP contribution < -0.4 is 11.1 Å². The average Bonchev–Trinajstić information content (AvgIpc) is 2.71. The average molecular weight is 245 g/mol. The van der Waals surface area contributed by atoms with Crippen LogP contribution in [0.4, 0.5) is 0 Å². The van der Waals surface area contributed by atoms with Crippen LogP contribution >= 0.6 is 0 Å². The van der Waals surface area contributed by atoms with Gasteiger partial charge in [0.25, 0.3) is 0 Å². The number of aromatic nitrogens is 1. The quantitative estimate of drug-likeness (QED) is 0.751. The highest BCUT2D eigenvalue weighted by Crippen LogP contribution is 2.20. The SMILES string of the molecule is CC(C)NCCc1c[nH]c2ccc(C(N)=O)cc12. The number of carbonyl (C=O) groups is 1. The molecule has 0 aliphatic rings. The second-order valence-corrected chi connectivity index (χ2v) is 4.80. The number of carbonyl (C=O) groups excluding carboxylic acids is 1. The first-order valence-electron chi connectivity index (χ1n) is 6.21. The number of amides is 1. The van der Waals surface area contributed by atoms with Gasteiger partial charge in [0.05, 0.1) is 0 Å². The maximum absolute atomic E-state index is 11.2. The van der Waals surface area contributed by atoms with Crippen LogP contribution in [0.15, 0.2) is 24.4 Å². The van der Waals surface area contributed by atoms with Gasteiger partial charge in [-0.05, 0) is 36.7 Å². The van der Waals surface area contributed by atoms with E-state index in [1.807, 2.05) is 18.3 Å². The molecular formula is C14H19N3O. The van der Waals surface area contributed by atoms with Crippen LogP contribution in [0, 0.1) is 0 Å². The number of nitrogens with two attached hydrogens (primary N) is 1. The first-order chi connectivity index (χ1) is 8.58. The van der Waals surface area contributed by atoms with Crippen LogP contribution in [0.5, 0.6) is 0 Å². The van der Waals surface area contributed by atoms with Gasteiger partial charge < -0.3 is 16.0 Å². The fourth-order valence-corrected chi connectivity index (χ4v) is 2.03. The number of benzene rings is 1. The number of hydrogen-bond acceptors (Lipinski definition) is 2. The molecule has 0 radical (unpaired) electrons. The maximum atomic E-state index is 11.2. The number of aromatic amines is 1. The van der Waals surface area contributed by atoms with Gasteiger partial charge in [0, 0.05) is 28.7 Å². The highest BCUT2D eigenvalue weighted by atomic mass is 16.1. The molecule has 0 saturated carbocycles. The van der Waals surface area contributed by atoms with Crippen molar-refractivity contribution in [3.8, 4) is 0 Å². The maximum Gasteiger partial charge on any atom is 0.248 e. The van der Waals surface area contributed by atoms with Crippen LogP contribution in [0.3, 0.4) is 0 Å². The molecule has 0 saturated heterocycles. The Bertz CT molecular complexity index is 557. The Morgan fingerprint density at radius 1 is 1.44 bits per heavy atom. The summed E-state index contributed by atoms with van der Waals surface area (Å²) in [6.07, 6.45) is 2.93. The molecule has 1 aromatic carbocycles. The number of hydrogen-bond donors (Lipinski definition) is 3. The number of rotatable bonds is 5. The predicted molar refractivity (Wildman–Crippen MR) is 73.7 cm³/mol. The summed E-state index contributed by atoms with van der Waals surface area (Å²) in [6, 6.07) is 5.99. The molecule has 0 atom stereocenters. The molecule has 4 nitrogen and oxygen atoms in total. The molecule has 2 rings (SSSR count). The van der Waals surface area contributed by atoms with E-state index in [0.717, 1.165) is 23.9 Å². The molecule has 0 aliphatic carbocycles. The molecule has 0 spiro atoms. The summed E-state index contributed by atoms with van der Waals surface area (Å²) in [5, 5.41) is 4.46. The molecule has 0 unspecified atom stereocenters. The van der Waals surface area contributed by atoms with Crippen molar-refractivity contribution in [3.63, 3.8) is 0 Å². The van der Waals surface area contributed by atoms with Crippen LogP contribution in [0.1, 0.15) is 29.8 Å². The molecule has 1 aromatic heterocycles. The number of fused-ring (bicyclic) bond motifs is 1. The Hall–Kier alpha value is -1.81. The van der Waals surface area contributed by atoms with E-state index in [1.54, 1.807) is 6.07 Å². The smallest absolute Gasteiger partial charge is 0.248 e. The van der Waals surface area contributed by atoms with E-state index in [1.165, 1.54) is 5.56 Å². The van der Waals surface area contributed by atoms with Crippen LogP contribution in [0.2, 0.25) is 0 Å². The second kappa shape index (κ2) is 5.23. The van der Waals surface area contributed by atoms with E-state index < -0.39 is 0 Å². The summed E-state index contributed by atoms with van der Waals surface area (Å²) in [5.74, 6) is -0.385. The topological polar surface area (TPSA) is 70.9 Å². The summed E-state index contributed by atoms with van der Waals surface area (Å²) >= 11 is 0. The van der Waals surface area contributed by atoms with Gasteiger partial charge in [0.15, 0.2) is 0 Å². The first-order valence-corrected chi connectivity index (χ1v) is 6.21. The lowest BCUT2D eigenvalue weighted by Gasteiger charge is -2.07. The van der Waals surface area contributed by atoms with Gasteiger partial charge >= 0.3 is 0 Å². The Balaban J connectivity index is 2.22. The van der Waals surface area contributed by atoms with Gasteiger partial charge in [0.1, 0.15) is 0 Å². The molecule has 1 amide bonds. The molecular weight excluding hydrogens is 226 g/mol. The number of primary amides is 1. The van der Waals surface area contributed by atoms with Crippen molar-refractivity contribution in [3.05, 3.63) is 35.5 Å². The minimum atomic E-state index is -0.385. The lowest BCUT2D eigenvalue weighted by Crippen LogP contribution is -2.24. The van der Waals surface area contributed by atoms with Gasteiger partial charge in [-0.15, -0.1) is 0 Å². The Labute approximate surface area is 107 Å². The zero-order valence-electron chi connectivity index (χ0n) is 10.8. The third-order valence-corrected chi connectivity index (χ3v) is 3.00. The van der Waals surface area contributed by atoms with Crippen molar-refractivity contribution in [2.45, 2.75) is 26.3 Å². The highest BCUT2D eigenvalue weighted by molar-refractivity contribution is 5.97. The first kappa shape index (κ1) is 12.6. The van der Waals surface area contributed by atoms with E-state index in [2.05, 4.69) is 24.1 Å². The van der Waals surface area contributed by atoms with Crippen molar-refractivity contribution >= 4 is 16.8 Å². The zero-order valence-corrected chi connectivity index (χ0v) is 10.8. The number of nitrogens with one attached hydrogen (secondary N) is 2. The molecule has 4 heteroatoms. The molecule has 0 aliphatic heterocycles. The largest absolute Gasteiger partial charge is 0.366 e. The minimum Gasteiger partial charge on any atom is -0.366 e. The second-order valence-electron chi connectivity index (χ2n) is 4.80. The van der Waals surface area contributed by atoms with E-state index in [0.29, 0.717) is 11.6 Å². The lowest BCUT2D eigenvalue weighted by molar-refractivity contribution is 0.100. The van der Waals surface area contributed by atoms with Gasteiger partial charge in [-0.3, -0.25) is 4.79 Å². The monoisotopic (exact) mass is 245 g/mol. The molecule has 18 heavy (non-hydrogen) atoms. The van der Waals surface area contributed by atoms with Gasteiger partial charge in [0.2, 0.25) is 5.91 Å². The summed E-state index contributed by atoms with van der Waals surface area (Å²) < 4.78 is 0. The molecule has 0 fully saturated rings. The fourth-order valence-electron chi connectivity index (χ4n) is 2.03. The minimum absolute atomic E-state index is 0.385. The summed E-state index contributed by atoms with van der Waals surface area (Å²) in [6.45, 7) is 5.17. The van der Waals surface area contributed by atoms with Crippen LogP contribution in [-0.2, 0) is 6.42 Å². The third-order valence-electron chi connectivity index (χ3n) is 3.00. The summed E-state index contributed by atoms with van der Waals surface area (Å²) in [5.41, 5.74) is 8.11. The molecule has 4 N–H and O–H groups in total. The van der Waals surface area contributed by atoms with Gasteiger partial charge in [-0.1, -0.05) is 13.8 Å². The lowest BCUT2D eigenvalue weighted by atomic mass is 10.1. The van der Waals surface area contributed by atoms with Gasteiger partial charge in [-0.25, -0.2) is 0 Å². The molecule has 2 aromatic rings. The molecule has 1 heterocycles. The zero-order chi connectivity index (χ0) is 13.1. The van der Waals surface area contributed by atoms with Gasteiger partial charge in [-0.2, -0.15) is 0 Å².